The number of rotatable bonds is 5. The van der Waals surface area contributed by atoms with Crippen LogP contribution in [0.2, 0.25) is 5.02 Å². The molecule has 2 unspecified atom stereocenters. The molecule has 0 aliphatic carbocycles. The van der Waals surface area contributed by atoms with E-state index in [9.17, 15) is 9.90 Å². The zero-order chi connectivity index (χ0) is 23.5. The monoisotopic (exact) mass is 521 g/mol. The smallest absolute Gasteiger partial charge is 0.411 e. The van der Waals surface area contributed by atoms with Crippen LogP contribution in [0.3, 0.4) is 0 Å². The summed E-state index contributed by atoms with van der Waals surface area (Å²) in [5, 5.41) is 11.6. The first kappa shape index (κ1) is 24.6. The standard InChI is InChI=1S/C25H29BrClNO4/c1-24(2,3)32-23(29)28-15-6-5-10-21(28)19-8-7-9-20(26)22(19)31-16-25(4,30)17-11-13-18(27)14-12-17/h5,7-14,21,30H,6,15-16H2,1-4H3. The van der Waals surface area contributed by atoms with Gasteiger partial charge in [0, 0.05) is 17.1 Å². The first-order valence-electron chi connectivity index (χ1n) is 10.5. The van der Waals surface area contributed by atoms with Gasteiger partial charge in [-0.25, -0.2) is 4.79 Å². The normalized spacial score (nSPS) is 18.2. The SMILES string of the molecule is CC(C)(C)OC(=O)N1CCC=CC1c1cccc(Br)c1OCC(C)(O)c1ccc(Cl)cc1. The molecular weight excluding hydrogens is 494 g/mol. The molecule has 0 fully saturated rings. The third kappa shape index (κ3) is 6.06. The molecule has 1 amide bonds. The molecule has 3 rings (SSSR count). The Morgan fingerprint density at radius 3 is 2.53 bits per heavy atom. The van der Waals surface area contributed by atoms with Crippen LogP contribution in [-0.2, 0) is 10.3 Å². The highest BCUT2D eigenvalue weighted by Gasteiger charge is 2.32. The molecule has 1 N–H and O–H groups in total. The van der Waals surface area contributed by atoms with Gasteiger partial charge in [0.2, 0.25) is 0 Å². The first-order valence-corrected chi connectivity index (χ1v) is 11.7. The van der Waals surface area contributed by atoms with E-state index in [4.69, 9.17) is 21.1 Å². The number of benzene rings is 2. The summed E-state index contributed by atoms with van der Waals surface area (Å²) in [5.41, 5.74) is -0.308. The summed E-state index contributed by atoms with van der Waals surface area (Å²) >= 11 is 9.54. The van der Waals surface area contributed by atoms with Crippen LogP contribution in [-0.4, -0.2) is 34.9 Å². The second-order valence-corrected chi connectivity index (χ2v) is 10.4. The van der Waals surface area contributed by atoms with Crippen molar-refractivity contribution in [3.63, 3.8) is 0 Å². The highest BCUT2D eigenvalue weighted by atomic mass is 79.9. The number of hydrogen-bond donors (Lipinski definition) is 1. The summed E-state index contributed by atoms with van der Waals surface area (Å²) in [6, 6.07) is 12.4. The Balaban J connectivity index is 1.87. The van der Waals surface area contributed by atoms with E-state index in [2.05, 4.69) is 22.0 Å². The largest absolute Gasteiger partial charge is 0.489 e. The molecule has 172 valence electrons. The van der Waals surface area contributed by atoms with Gasteiger partial charge in [-0.05, 0) is 73.8 Å². The maximum atomic E-state index is 12.9. The van der Waals surface area contributed by atoms with E-state index >= 15 is 0 Å². The Labute approximate surface area is 203 Å². The summed E-state index contributed by atoms with van der Waals surface area (Å²) in [6.07, 6.45) is 4.43. The molecule has 7 heteroatoms. The van der Waals surface area contributed by atoms with Crippen LogP contribution in [0.4, 0.5) is 4.79 Å². The molecule has 32 heavy (non-hydrogen) atoms. The predicted molar refractivity (Wildman–Crippen MR) is 130 cm³/mol. The van der Waals surface area contributed by atoms with Crippen LogP contribution in [0.25, 0.3) is 0 Å². The molecule has 0 bridgehead atoms. The van der Waals surface area contributed by atoms with Gasteiger partial charge < -0.3 is 14.6 Å². The molecule has 0 saturated carbocycles. The molecule has 0 radical (unpaired) electrons. The first-order chi connectivity index (χ1) is 15.0. The van der Waals surface area contributed by atoms with Crippen molar-refractivity contribution in [2.45, 2.75) is 51.4 Å². The Morgan fingerprint density at radius 1 is 1.19 bits per heavy atom. The van der Waals surface area contributed by atoms with Crippen LogP contribution >= 0.6 is 27.5 Å². The van der Waals surface area contributed by atoms with E-state index in [1.807, 2.05) is 45.0 Å². The Morgan fingerprint density at radius 2 is 1.88 bits per heavy atom. The highest BCUT2D eigenvalue weighted by Crippen LogP contribution is 2.39. The van der Waals surface area contributed by atoms with Gasteiger partial charge >= 0.3 is 6.09 Å². The fourth-order valence-corrected chi connectivity index (χ4v) is 4.12. The summed E-state index contributed by atoms with van der Waals surface area (Å²) < 4.78 is 12.5. The molecule has 5 nitrogen and oxygen atoms in total. The third-order valence-electron chi connectivity index (χ3n) is 5.10. The van der Waals surface area contributed by atoms with E-state index < -0.39 is 11.2 Å². The van der Waals surface area contributed by atoms with Crippen molar-refractivity contribution in [2.75, 3.05) is 13.2 Å². The van der Waals surface area contributed by atoms with Crippen molar-refractivity contribution < 1.29 is 19.4 Å². The van der Waals surface area contributed by atoms with Gasteiger partial charge in [0.25, 0.3) is 0 Å². The number of carbonyl (C=O) groups is 1. The van der Waals surface area contributed by atoms with Gasteiger partial charge in [-0.2, -0.15) is 0 Å². The lowest BCUT2D eigenvalue weighted by atomic mass is 9.97. The summed E-state index contributed by atoms with van der Waals surface area (Å²) in [5.74, 6) is 0.576. The number of carbonyl (C=O) groups excluding carboxylic acids is 1. The lowest BCUT2D eigenvalue weighted by Crippen LogP contribution is -2.40. The van der Waals surface area contributed by atoms with E-state index in [0.29, 0.717) is 22.9 Å². The zero-order valence-electron chi connectivity index (χ0n) is 18.8. The van der Waals surface area contributed by atoms with E-state index in [-0.39, 0.29) is 18.7 Å². The Bertz CT molecular complexity index is 982. The number of para-hydroxylation sites is 1. The van der Waals surface area contributed by atoms with Crippen LogP contribution in [0.15, 0.2) is 59.1 Å². The third-order valence-corrected chi connectivity index (χ3v) is 5.98. The molecule has 2 aromatic carbocycles. The maximum absolute atomic E-state index is 12.9. The minimum atomic E-state index is -1.23. The number of ether oxygens (including phenoxy) is 2. The van der Waals surface area contributed by atoms with E-state index in [1.165, 1.54) is 0 Å². The van der Waals surface area contributed by atoms with Gasteiger partial charge in [0.05, 0.1) is 10.5 Å². The molecule has 0 spiro atoms. The van der Waals surface area contributed by atoms with Crippen LogP contribution in [0, 0.1) is 0 Å². The fourth-order valence-electron chi connectivity index (χ4n) is 3.49. The lowest BCUT2D eigenvalue weighted by molar-refractivity contribution is 0.00547. The number of halogens is 2. The molecule has 1 heterocycles. The molecule has 2 aromatic rings. The average molecular weight is 523 g/mol. The Hall–Kier alpha value is -2.02. The van der Waals surface area contributed by atoms with Crippen LogP contribution in [0.5, 0.6) is 5.75 Å². The van der Waals surface area contributed by atoms with Crippen molar-refractivity contribution in [3.05, 3.63) is 75.2 Å². The molecule has 1 aliphatic heterocycles. The van der Waals surface area contributed by atoms with Gasteiger partial charge in [0.15, 0.2) is 0 Å². The minimum Gasteiger partial charge on any atom is -0.489 e. The summed E-state index contributed by atoms with van der Waals surface area (Å²) in [4.78, 5) is 14.6. The second-order valence-electron chi connectivity index (χ2n) is 9.06. The second kappa shape index (κ2) is 9.86. The topological polar surface area (TPSA) is 59.0 Å². The zero-order valence-corrected chi connectivity index (χ0v) is 21.1. The minimum absolute atomic E-state index is 0.0209. The fraction of sp³-hybridized carbons (Fsp3) is 0.400. The van der Waals surface area contributed by atoms with Crippen molar-refractivity contribution in [1.82, 2.24) is 4.90 Å². The van der Waals surface area contributed by atoms with Gasteiger partial charge in [-0.3, -0.25) is 4.90 Å². The average Bonchev–Trinajstić information content (AvgIpc) is 2.72. The van der Waals surface area contributed by atoms with Gasteiger partial charge in [-0.15, -0.1) is 0 Å². The number of hydrogen-bond acceptors (Lipinski definition) is 4. The highest BCUT2D eigenvalue weighted by molar-refractivity contribution is 9.10. The van der Waals surface area contributed by atoms with Crippen molar-refractivity contribution >= 4 is 33.6 Å². The molecular formula is C25H29BrClNO4. The number of nitrogens with zero attached hydrogens (tertiary/aromatic N) is 1. The van der Waals surface area contributed by atoms with Crippen molar-refractivity contribution in [1.29, 1.82) is 0 Å². The Kier molecular flexibility index (Phi) is 7.58. The molecule has 0 saturated heterocycles. The van der Waals surface area contributed by atoms with E-state index in [0.717, 1.165) is 16.5 Å². The predicted octanol–water partition coefficient (Wildman–Crippen LogP) is 6.63. The van der Waals surface area contributed by atoms with Gasteiger partial charge in [-0.1, -0.05) is 48.0 Å². The quantitative estimate of drug-likeness (QED) is 0.448. The lowest BCUT2D eigenvalue weighted by Gasteiger charge is -2.35. The van der Waals surface area contributed by atoms with Crippen molar-refractivity contribution in [3.8, 4) is 5.75 Å². The van der Waals surface area contributed by atoms with Gasteiger partial charge in [0.1, 0.15) is 23.6 Å². The van der Waals surface area contributed by atoms with E-state index in [1.54, 1.807) is 36.1 Å². The number of aliphatic hydroxyl groups is 1. The summed E-state index contributed by atoms with van der Waals surface area (Å²) in [6.45, 7) is 7.82. The van der Waals surface area contributed by atoms with Crippen LogP contribution in [0.1, 0.15) is 51.3 Å². The van der Waals surface area contributed by atoms with Crippen molar-refractivity contribution in [2.24, 2.45) is 0 Å². The molecule has 2 atom stereocenters. The number of amides is 1. The maximum Gasteiger partial charge on any atom is 0.411 e. The molecule has 0 aromatic heterocycles. The summed E-state index contributed by atoms with van der Waals surface area (Å²) in [7, 11) is 0. The van der Waals surface area contributed by atoms with Crippen LogP contribution < -0.4 is 4.74 Å². The molecule has 1 aliphatic rings.